The summed E-state index contributed by atoms with van der Waals surface area (Å²) in [4.78, 5) is 17.9. The lowest BCUT2D eigenvalue weighted by molar-refractivity contribution is -0.138. The fraction of sp³-hybridized carbons (Fsp3) is 0.238. The SMILES string of the molecule is O=C(c1ccccc1C(F)(F)F)N1CC[C@@H](C#Cc2nc3ccc(F)c(F)c3o2)C1. The van der Waals surface area contributed by atoms with E-state index in [1.54, 1.807) is 0 Å². The fourth-order valence-electron chi connectivity index (χ4n) is 3.30. The van der Waals surface area contributed by atoms with E-state index in [-0.39, 0.29) is 36.0 Å². The number of nitrogens with zero attached hydrogens (tertiary/aromatic N) is 2. The molecule has 2 heterocycles. The highest BCUT2D eigenvalue weighted by atomic mass is 19.4. The molecular weight excluding hydrogens is 407 g/mol. The maximum absolute atomic E-state index is 13.7. The Morgan fingerprint density at radius 2 is 1.93 bits per heavy atom. The topological polar surface area (TPSA) is 46.3 Å². The Labute approximate surface area is 167 Å². The molecule has 0 saturated carbocycles. The number of benzene rings is 2. The third kappa shape index (κ3) is 3.73. The molecular formula is C21H13F5N2O2. The Morgan fingerprint density at radius 3 is 2.70 bits per heavy atom. The van der Waals surface area contributed by atoms with Crippen LogP contribution in [0.25, 0.3) is 11.1 Å². The number of halogens is 5. The molecule has 0 unspecified atom stereocenters. The van der Waals surface area contributed by atoms with Crippen molar-refractivity contribution in [3.63, 3.8) is 0 Å². The summed E-state index contributed by atoms with van der Waals surface area (Å²) in [6.07, 6.45) is -4.18. The first-order valence-electron chi connectivity index (χ1n) is 8.95. The van der Waals surface area contributed by atoms with Crippen molar-refractivity contribution < 1.29 is 31.2 Å². The van der Waals surface area contributed by atoms with E-state index >= 15 is 0 Å². The summed E-state index contributed by atoms with van der Waals surface area (Å²) in [5.74, 6) is 2.09. The minimum absolute atomic E-state index is 0.110. The average molecular weight is 420 g/mol. The van der Waals surface area contributed by atoms with Crippen LogP contribution in [0.3, 0.4) is 0 Å². The van der Waals surface area contributed by atoms with Crippen LogP contribution in [0.2, 0.25) is 0 Å². The van der Waals surface area contributed by atoms with Gasteiger partial charge in [-0.1, -0.05) is 18.1 Å². The van der Waals surface area contributed by atoms with E-state index in [0.29, 0.717) is 6.42 Å². The Morgan fingerprint density at radius 1 is 1.17 bits per heavy atom. The monoisotopic (exact) mass is 420 g/mol. The molecule has 4 nitrogen and oxygen atoms in total. The number of fused-ring (bicyclic) bond motifs is 1. The first kappa shape index (κ1) is 19.9. The largest absolute Gasteiger partial charge is 0.427 e. The fourth-order valence-corrected chi connectivity index (χ4v) is 3.30. The van der Waals surface area contributed by atoms with E-state index in [0.717, 1.165) is 18.2 Å². The maximum Gasteiger partial charge on any atom is 0.417 e. The number of rotatable bonds is 1. The molecule has 2 aromatic carbocycles. The molecule has 0 spiro atoms. The van der Waals surface area contributed by atoms with E-state index in [1.807, 2.05) is 0 Å². The zero-order valence-electron chi connectivity index (χ0n) is 15.3. The molecule has 1 fully saturated rings. The van der Waals surface area contributed by atoms with E-state index < -0.39 is 34.8 Å². The molecule has 1 amide bonds. The predicted molar refractivity (Wildman–Crippen MR) is 96.3 cm³/mol. The molecule has 1 saturated heterocycles. The van der Waals surface area contributed by atoms with Crippen LogP contribution < -0.4 is 0 Å². The van der Waals surface area contributed by atoms with Gasteiger partial charge in [-0.2, -0.15) is 17.6 Å². The minimum atomic E-state index is -4.63. The van der Waals surface area contributed by atoms with Crippen LogP contribution in [0.1, 0.15) is 28.2 Å². The van der Waals surface area contributed by atoms with Gasteiger partial charge in [0.25, 0.3) is 11.8 Å². The molecule has 3 aromatic rings. The van der Waals surface area contributed by atoms with E-state index in [4.69, 9.17) is 4.42 Å². The van der Waals surface area contributed by atoms with Crippen LogP contribution in [-0.2, 0) is 6.18 Å². The van der Waals surface area contributed by atoms with Gasteiger partial charge in [-0.3, -0.25) is 4.79 Å². The lowest BCUT2D eigenvalue weighted by atomic mass is 10.1. The average Bonchev–Trinajstić information content (AvgIpc) is 3.35. The number of alkyl halides is 3. The molecule has 0 radical (unpaired) electrons. The zero-order chi connectivity index (χ0) is 21.5. The maximum atomic E-state index is 13.7. The van der Waals surface area contributed by atoms with Gasteiger partial charge in [0.15, 0.2) is 11.4 Å². The van der Waals surface area contributed by atoms with Gasteiger partial charge in [0, 0.05) is 19.0 Å². The molecule has 1 aromatic heterocycles. The van der Waals surface area contributed by atoms with Crippen molar-refractivity contribution >= 4 is 17.0 Å². The Balaban J connectivity index is 1.50. The van der Waals surface area contributed by atoms with Crippen LogP contribution >= 0.6 is 0 Å². The Bertz CT molecular complexity index is 1190. The second-order valence-corrected chi connectivity index (χ2v) is 6.78. The molecule has 0 bridgehead atoms. The van der Waals surface area contributed by atoms with Crippen LogP contribution in [0.15, 0.2) is 40.8 Å². The Hall–Kier alpha value is -3.41. The summed E-state index contributed by atoms with van der Waals surface area (Å²) in [6.45, 7) is 0.388. The normalized spacial score (nSPS) is 16.6. The highest BCUT2D eigenvalue weighted by Gasteiger charge is 2.37. The van der Waals surface area contributed by atoms with Crippen molar-refractivity contribution in [1.29, 1.82) is 0 Å². The van der Waals surface area contributed by atoms with E-state index in [9.17, 15) is 26.7 Å². The van der Waals surface area contributed by atoms with Gasteiger partial charge in [0.2, 0.25) is 5.82 Å². The van der Waals surface area contributed by atoms with Gasteiger partial charge in [-0.15, -0.1) is 0 Å². The number of likely N-dealkylation sites (tertiary alicyclic amines) is 1. The van der Waals surface area contributed by atoms with Gasteiger partial charge >= 0.3 is 6.18 Å². The van der Waals surface area contributed by atoms with Crippen LogP contribution in [0, 0.1) is 29.4 Å². The zero-order valence-corrected chi connectivity index (χ0v) is 15.3. The van der Waals surface area contributed by atoms with Gasteiger partial charge < -0.3 is 9.32 Å². The first-order valence-corrected chi connectivity index (χ1v) is 8.95. The van der Waals surface area contributed by atoms with Gasteiger partial charge in [0.05, 0.1) is 11.1 Å². The quantitative estimate of drug-likeness (QED) is 0.426. The minimum Gasteiger partial charge on any atom is -0.427 e. The number of carbonyl (C=O) groups excluding carboxylic acids is 1. The van der Waals surface area contributed by atoms with Crippen molar-refractivity contribution in [2.24, 2.45) is 5.92 Å². The van der Waals surface area contributed by atoms with Gasteiger partial charge in [-0.05, 0) is 36.6 Å². The molecule has 154 valence electrons. The lowest BCUT2D eigenvalue weighted by Gasteiger charge is -2.18. The first-order chi connectivity index (χ1) is 14.2. The van der Waals surface area contributed by atoms with Crippen molar-refractivity contribution in [3.05, 3.63) is 65.1 Å². The molecule has 0 aliphatic carbocycles. The number of oxazole rings is 1. The lowest BCUT2D eigenvalue weighted by Crippen LogP contribution is -2.30. The summed E-state index contributed by atoms with van der Waals surface area (Å²) in [6, 6.07) is 6.82. The van der Waals surface area contributed by atoms with Crippen molar-refractivity contribution in [1.82, 2.24) is 9.88 Å². The number of amides is 1. The van der Waals surface area contributed by atoms with Crippen molar-refractivity contribution in [2.75, 3.05) is 13.1 Å². The molecule has 0 N–H and O–H groups in total. The molecule has 1 aliphatic heterocycles. The summed E-state index contributed by atoms with van der Waals surface area (Å²) < 4.78 is 71.5. The standard InChI is InChI=1S/C21H13F5N2O2/c22-15-6-7-16-19(18(15)23)30-17(27-16)8-5-12-9-10-28(11-12)20(29)13-3-1-2-4-14(13)21(24,25)26/h1-4,6-7,12H,9-11H2/t12-/m1/s1. The predicted octanol–water partition coefficient (Wildman–Crippen LogP) is 4.64. The number of aromatic nitrogens is 1. The highest BCUT2D eigenvalue weighted by Crippen LogP contribution is 2.33. The molecule has 9 heteroatoms. The highest BCUT2D eigenvalue weighted by molar-refractivity contribution is 5.96. The second kappa shape index (κ2) is 7.44. The van der Waals surface area contributed by atoms with Crippen LogP contribution in [0.4, 0.5) is 22.0 Å². The Kier molecular flexibility index (Phi) is 4.94. The smallest absolute Gasteiger partial charge is 0.417 e. The molecule has 1 aliphatic rings. The molecule has 30 heavy (non-hydrogen) atoms. The molecule has 4 rings (SSSR count). The molecule has 1 atom stereocenters. The summed E-state index contributed by atoms with van der Waals surface area (Å²) in [7, 11) is 0. The third-order valence-corrected chi connectivity index (χ3v) is 4.77. The van der Waals surface area contributed by atoms with Crippen LogP contribution in [-0.4, -0.2) is 28.9 Å². The number of hydrogen-bond donors (Lipinski definition) is 0. The van der Waals surface area contributed by atoms with Gasteiger partial charge in [0.1, 0.15) is 5.52 Å². The third-order valence-electron chi connectivity index (χ3n) is 4.77. The van der Waals surface area contributed by atoms with E-state index in [2.05, 4.69) is 16.8 Å². The summed E-state index contributed by atoms with van der Waals surface area (Å²) in [5, 5.41) is 0. The summed E-state index contributed by atoms with van der Waals surface area (Å²) in [5.41, 5.74) is -1.61. The van der Waals surface area contributed by atoms with Crippen molar-refractivity contribution in [2.45, 2.75) is 12.6 Å². The number of carbonyl (C=O) groups is 1. The van der Waals surface area contributed by atoms with Gasteiger partial charge in [-0.25, -0.2) is 9.37 Å². The van der Waals surface area contributed by atoms with Crippen molar-refractivity contribution in [3.8, 4) is 11.8 Å². The summed E-state index contributed by atoms with van der Waals surface area (Å²) >= 11 is 0. The number of hydrogen-bond acceptors (Lipinski definition) is 3. The van der Waals surface area contributed by atoms with Crippen LogP contribution in [0.5, 0.6) is 0 Å². The second-order valence-electron chi connectivity index (χ2n) is 6.78. The van der Waals surface area contributed by atoms with E-state index in [1.165, 1.54) is 23.1 Å².